The molecule has 3 N–H and O–H groups in total. The lowest BCUT2D eigenvalue weighted by Gasteiger charge is -2.16. The predicted octanol–water partition coefficient (Wildman–Crippen LogP) is 4.30. The van der Waals surface area contributed by atoms with Crippen molar-refractivity contribution in [3.63, 3.8) is 0 Å². The number of hydrogen-bond donors (Lipinski definition) is 2. The van der Waals surface area contributed by atoms with Gasteiger partial charge in [0.1, 0.15) is 0 Å². The second kappa shape index (κ2) is 5.67. The average Bonchev–Trinajstić information content (AvgIpc) is 2.79. The quantitative estimate of drug-likeness (QED) is 0.827. The normalized spacial score (nSPS) is 12.2. The van der Waals surface area contributed by atoms with Gasteiger partial charge in [-0.2, -0.15) is 0 Å². The second-order valence-electron chi connectivity index (χ2n) is 4.08. The van der Waals surface area contributed by atoms with E-state index < -0.39 is 5.82 Å². The summed E-state index contributed by atoms with van der Waals surface area (Å²) >= 11 is 7.39. The van der Waals surface area contributed by atoms with E-state index in [-0.39, 0.29) is 11.8 Å². The molecule has 0 amide bonds. The molecule has 6 heteroatoms. The van der Waals surface area contributed by atoms with Gasteiger partial charge >= 0.3 is 0 Å². The summed E-state index contributed by atoms with van der Waals surface area (Å²) in [6, 6.07) is 6.61. The molecule has 1 aromatic heterocycles. The Labute approximate surface area is 120 Å². The number of anilines is 2. The fourth-order valence-electron chi connectivity index (χ4n) is 1.72. The third-order valence-corrected chi connectivity index (χ3v) is 4.13. The van der Waals surface area contributed by atoms with E-state index in [0.29, 0.717) is 11.4 Å². The van der Waals surface area contributed by atoms with Crippen molar-refractivity contribution in [2.45, 2.75) is 13.0 Å². The van der Waals surface area contributed by atoms with E-state index in [0.717, 1.165) is 9.21 Å². The van der Waals surface area contributed by atoms with Gasteiger partial charge in [0.05, 0.1) is 28.9 Å². The van der Waals surface area contributed by atoms with Gasteiger partial charge in [0, 0.05) is 17.0 Å². The van der Waals surface area contributed by atoms with E-state index in [9.17, 15) is 4.39 Å². The van der Waals surface area contributed by atoms with Gasteiger partial charge in [-0.15, -0.1) is 11.3 Å². The summed E-state index contributed by atoms with van der Waals surface area (Å²) in [5, 5.41) is 3.22. The maximum atomic E-state index is 13.4. The van der Waals surface area contributed by atoms with Crippen molar-refractivity contribution in [2.24, 2.45) is 0 Å². The highest BCUT2D eigenvalue weighted by Gasteiger charge is 2.13. The van der Waals surface area contributed by atoms with Crippen molar-refractivity contribution in [3.05, 3.63) is 39.3 Å². The van der Waals surface area contributed by atoms with Crippen LogP contribution in [0.4, 0.5) is 15.8 Å². The molecule has 19 heavy (non-hydrogen) atoms. The number of benzene rings is 1. The number of halogens is 2. The molecule has 0 saturated heterocycles. The number of ether oxygens (including phenoxy) is 1. The zero-order chi connectivity index (χ0) is 14.0. The highest BCUT2D eigenvalue weighted by atomic mass is 35.5. The van der Waals surface area contributed by atoms with E-state index in [1.165, 1.54) is 24.5 Å². The van der Waals surface area contributed by atoms with Gasteiger partial charge in [0.25, 0.3) is 0 Å². The first-order valence-corrected chi connectivity index (χ1v) is 6.85. The van der Waals surface area contributed by atoms with Gasteiger partial charge in [0.15, 0.2) is 11.6 Å². The highest BCUT2D eigenvalue weighted by Crippen LogP contribution is 2.33. The van der Waals surface area contributed by atoms with Crippen molar-refractivity contribution in [3.8, 4) is 5.75 Å². The minimum Gasteiger partial charge on any atom is -0.494 e. The summed E-state index contributed by atoms with van der Waals surface area (Å²) in [7, 11) is 1.42. The van der Waals surface area contributed by atoms with Crippen LogP contribution in [0, 0.1) is 5.82 Å². The summed E-state index contributed by atoms with van der Waals surface area (Å²) < 4.78 is 19.1. The Balaban J connectivity index is 2.23. The fraction of sp³-hybridized carbons (Fsp3) is 0.231. The predicted molar refractivity (Wildman–Crippen MR) is 78.7 cm³/mol. The van der Waals surface area contributed by atoms with Crippen LogP contribution in [0.2, 0.25) is 4.34 Å². The Morgan fingerprint density at radius 2 is 2.16 bits per heavy atom. The van der Waals surface area contributed by atoms with E-state index in [1.807, 2.05) is 19.1 Å². The Bertz CT molecular complexity index is 588. The summed E-state index contributed by atoms with van der Waals surface area (Å²) in [5.74, 6) is -0.314. The Morgan fingerprint density at radius 1 is 1.42 bits per heavy atom. The molecule has 1 heterocycles. The molecular formula is C13H14ClFN2OS. The Morgan fingerprint density at radius 3 is 2.74 bits per heavy atom. The van der Waals surface area contributed by atoms with Crippen molar-refractivity contribution in [1.29, 1.82) is 0 Å². The SMILES string of the molecule is COc1cc(NC(C)c2ccc(Cl)s2)c(N)cc1F. The molecule has 0 bridgehead atoms. The minimum atomic E-state index is -0.475. The van der Waals surface area contributed by atoms with Crippen LogP contribution >= 0.6 is 22.9 Å². The maximum absolute atomic E-state index is 13.4. The molecule has 0 spiro atoms. The molecule has 1 unspecified atom stereocenters. The van der Waals surface area contributed by atoms with Crippen LogP contribution in [0.15, 0.2) is 24.3 Å². The van der Waals surface area contributed by atoms with Crippen LogP contribution < -0.4 is 15.8 Å². The lowest BCUT2D eigenvalue weighted by atomic mass is 10.2. The molecule has 0 aliphatic carbocycles. The largest absolute Gasteiger partial charge is 0.494 e. The number of hydrogen-bond acceptors (Lipinski definition) is 4. The Kier molecular flexibility index (Phi) is 4.17. The lowest BCUT2D eigenvalue weighted by Crippen LogP contribution is -2.07. The van der Waals surface area contributed by atoms with E-state index in [2.05, 4.69) is 5.32 Å². The topological polar surface area (TPSA) is 47.3 Å². The number of nitrogens with two attached hydrogens (primary N) is 1. The molecule has 0 aliphatic heterocycles. The molecule has 3 nitrogen and oxygen atoms in total. The molecule has 1 atom stereocenters. The zero-order valence-electron chi connectivity index (χ0n) is 10.5. The Hall–Kier alpha value is -1.46. The molecule has 1 aromatic carbocycles. The number of rotatable bonds is 4. The number of nitrogen functional groups attached to an aromatic ring is 1. The maximum Gasteiger partial charge on any atom is 0.167 e. The summed E-state index contributed by atoms with van der Waals surface area (Å²) in [4.78, 5) is 1.08. The summed E-state index contributed by atoms with van der Waals surface area (Å²) in [6.45, 7) is 1.98. The minimum absolute atomic E-state index is 0.0231. The first-order valence-electron chi connectivity index (χ1n) is 5.66. The van der Waals surface area contributed by atoms with Crippen molar-refractivity contribution in [1.82, 2.24) is 0 Å². The van der Waals surface area contributed by atoms with Crippen LogP contribution in [0.25, 0.3) is 0 Å². The smallest absolute Gasteiger partial charge is 0.167 e. The molecule has 0 saturated carbocycles. The van der Waals surface area contributed by atoms with Crippen molar-refractivity contribution in [2.75, 3.05) is 18.2 Å². The number of methoxy groups -OCH3 is 1. The van der Waals surface area contributed by atoms with Gasteiger partial charge in [-0.25, -0.2) is 4.39 Å². The van der Waals surface area contributed by atoms with Gasteiger partial charge in [-0.1, -0.05) is 11.6 Å². The van der Waals surface area contributed by atoms with Crippen molar-refractivity contribution >= 4 is 34.3 Å². The molecule has 2 rings (SSSR count). The third-order valence-electron chi connectivity index (χ3n) is 2.72. The van der Waals surface area contributed by atoms with E-state index in [4.69, 9.17) is 22.1 Å². The molecule has 0 aliphatic rings. The monoisotopic (exact) mass is 300 g/mol. The lowest BCUT2D eigenvalue weighted by molar-refractivity contribution is 0.387. The van der Waals surface area contributed by atoms with Gasteiger partial charge in [0.2, 0.25) is 0 Å². The zero-order valence-corrected chi connectivity index (χ0v) is 12.1. The molecule has 2 aromatic rings. The van der Waals surface area contributed by atoms with Crippen LogP contribution in [0.3, 0.4) is 0 Å². The molecule has 0 radical (unpaired) electrons. The molecule has 0 fully saturated rings. The van der Waals surface area contributed by atoms with E-state index >= 15 is 0 Å². The first-order chi connectivity index (χ1) is 9.01. The molecule has 102 valence electrons. The first kappa shape index (κ1) is 14.0. The fourth-order valence-corrected chi connectivity index (χ4v) is 2.78. The third kappa shape index (κ3) is 3.11. The highest BCUT2D eigenvalue weighted by molar-refractivity contribution is 7.16. The summed E-state index contributed by atoms with van der Waals surface area (Å²) in [6.07, 6.45) is 0. The average molecular weight is 301 g/mol. The van der Waals surface area contributed by atoms with Gasteiger partial charge in [-0.05, 0) is 19.1 Å². The van der Waals surface area contributed by atoms with Gasteiger partial charge < -0.3 is 15.8 Å². The van der Waals surface area contributed by atoms with Crippen LogP contribution in [-0.2, 0) is 0 Å². The van der Waals surface area contributed by atoms with Crippen LogP contribution in [0.1, 0.15) is 17.8 Å². The number of thiophene rings is 1. The van der Waals surface area contributed by atoms with Crippen LogP contribution in [-0.4, -0.2) is 7.11 Å². The van der Waals surface area contributed by atoms with E-state index in [1.54, 1.807) is 6.07 Å². The van der Waals surface area contributed by atoms with Crippen molar-refractivity contribution < 1.29 is 9.13 Å². The number of nitrogens with one attached hydrogen (secondary N) is 1. The van der Waals surface area contributed by atoms with Gasteiger partial charge in [-0.3, -0.25) is 0 Å². The second-order valence-corrected chi connectivity index (χ2v) is 5.83. The van der Waals surface area contributed by atoms with Crippen LogP contribution in [0.5, 0.6) is 5.75 Å². The standard InChI is InChI=1S/C13H14ClFN2OS/c1-7(12-3-4-13(14)19-12)17-10-6-11(18-2)8(15)5-9(10)16/h3-7,17H,16H2,1-2H3. The summed E-state index contributed by atoms with van der Waals surface area (Å²) in [5.41, 5.74) is 6.77. The molecular weight excluding hydrogens is 287 g/mol.